The lowest BCUT2D eigenvalue weighted by Crippen LogP contribution is -2.12. The highest BCUT2D eigenvalue weighted by Crippen LogP contribution is 2.38. The van der Waals surface area contributed by atoms with E-state index in [1.54, 1.807) is 0 Å². The molecule has 0 heterocycles. The zero-order valence-corrected chi connectivity index (χ0v) is 10.2. The van der Waals surface area contributed by atoms with E-state index < -0.39 is 0 Å². The Morgan fingerprint density at radius 1 is 1.25 bits per heavy atom. The van der Waals surface area contributed by atoms with E-state index in [0.717, 1.165) is 10.8 Å². The van der Waals surface area contributed by atoms with Gasteiger partial charge in [0.05, 0.1) is 0 Å². The molecule has 1 fully saturated rings. The molecule has 0 aliphatic heterocycles. The van der Waals surface area contributed by atoms with E-state index in [4.69, 9.17) is 5.73 Å². The molecule has 1 aliphatic carbocycles. The van der Waals surface area contributed by atoms with Crippen LogP contribution in [0.15, 0.2) is 24.3 Å². The monoisotopic (exact) mass is 239 g/mol. The van der Waals surface area contributed by atoms with E-state index in [2.05, 4.69) is 0 Å². The van der Waals surface area contributed by atoms with Crippen LogP contribution in [0.5, 0.6) is 0 Å². The average Bonchev–Trinajstić information content (AvgIpc) is 2.80. The van der Waals surface area contributed by atoms with E-state index in [0.29, 0.717) is 11.8 Å². The molecular weight excluding hydrogens is 221 g/mol. The summed E-state index contributed by atoms with van der Waals surface area (Å²) < 4.78 is 12.8. The molecule has 1 atom stereocenters. The van der Waals surface area contributed by atoms with Gasteiger partial charge in [-0.25, -0.2) is 4.39 Å². The van der Waals surface area contributed by atoms with Gasteiger partial charge < -0.3 is 5.73 Å². The number of thioether (sulfide) groups is 1. The second-order valence-electron chi connectivity index (χ2n) is 4.32. The van der Waals surface area contributed by atoms with Gasteiger partial charge in [0, 0.05) is 17.0 Å². The summed E-state index contributed by atoms with van der Waals surface area (Å²) in [5, 5.41) is 1.07. The molecule has 16 heavy (non-hydrogen) atoms. The number of benzene rings is 1. The molecule has 1 aliphatic rings. The van der Waals surface area contributed by atoms with Gasteiger partial charge >= 0.3 is 0 Å². The number of rotatable bonds is 4. The van der Waals surface area contributed by atoms with Crippen molar-refractivity contribution in [3.63, 3.8) is 0 Å². The molecule has 3 heteroatoms. The largest absolute Gasteiger partial charge is 0.329 e. The summed E-state index contributed by atoms with van der Waals surface area (Å²) in [5.74, 6) is -0.176. The first-order valence-corrected chi connectivity index (χ1v) is 6.85. The Bertz CT molecular complexity index is 319. The van der Waals surface area contributed by atoms with Gasteiger partial charge in [-0.15, -0.1) is 11.8 Å². The molecule has 0 radical (unpaired) electrons. The van der Waals surface area contributed by atoms with Crippen LogP contribution in [0.25, 0.3) is 0 Å². The SMILES string of the molecule is NCC(SC1CCCC1)c1ccc(F)cc1. The Labute approximate surface area is 101 Å². The fourth-order valence-electron chi connectivity index (χ4n) is 2.20. The van der Waals surface area contributed by atoms with Crippen molar-refractivity contribution in [2.75, 3.05) is 6.54 Å². The number of hydrogen-bond donors (Lipinski definition) is 1. The summed E-state index contributed by atoms with van der Waals surface area (Å²) in [6.45, 7) is 0.632. The fraction of sp³-hybridized carbons (Fsp3) is 0.538. The summed E-state index contributed by atoms with van der Waals surface area (Å²) in [7, 11) is 0. The summed E-state index contributed by atoms with van der Waals surface area (Å²) in [6.07, 6.45) is 5.31. The van der Waals surface area contributed by atoms with Crippen LogP contribution < -0.4 is 5.73 Å². The predicted octanol–water partition coefficient (Wildman–Crippen LogP) is 3.50. The Kier molecular flexibility index (Phi) is 4.24. The van der Waals surface area contributed by atoms with E-state index >= 15 is 0 Å². The third-order valence-corrected chi connectivity index (χ3v) is 4.76. The molecule has 0 saturated heterocycles. The van der Waals surface area contributed by atoms with Crippen molar-refractivity contribution >= 4 is 11.8 Å². The standard InChI is InChI=1S/C13H18FNS/c14-11-7-5-10(6-8-11)13(9-15)16-12-3-1-2-4-12/h5-8,12-13H,1-4,9,15H2. The third-order valence-electron chi connectivity index (χ3n) is 3.11. The minimum absolute atomic E-state index is 0.176. The molecule has 1 aromatic carbocycles. The lowest BCUT2D eigenvalue weighted by atomic mass is 10.1. The first kappa shape index (κ1) is 11.9. The Morgan fingerprint density at radius 3 is 2.44 bits per heavy atom. The van der Waals surface area contributed by atoms with Crippen LogP contribution in [0.1, 0.15) is 36.5 Å². The smallest absolute Gasteiger partial charge is 0.123 e. The highest BCUT2D eigenvalue weighted by molar-refractivity contribution is 8.00. The Morgan fingerprint density at radius 2 is 1.88 bits per heavy atom. The minimum Gasteiger partial charge on any atom is -0.329 e. The average molecular weight is 239 g/mol. The van der Waals surface area contributed by atoms with E-state index in [1.165, 1.54) is 37.8 Å². The van der Waals surface area contributed by atoms with Crippen LogP contribution in [-0.4, -0.2) is 11.8 Å². The number of hydrogen-bond acceptors (Lipinski definition) is 2. The van der Waals surface area contributed by atoms with Gasteiger partial charge in [-0.3, -0.25) is 0 Å². The van der Waals surface area contributed by atoms with Crippen molar-refractivity contribution in [2.24, 2.45) is 5.73 Å². The van der Waals surface area contributed by atoms with Gasteiger partial charge in [0.2, 0.25) is 0 Å². The van der Waals surface area contributed by atoms with Crippen LogP contribution in [0.4, 0.5) is 4.39 Å². The van der Waals surface area contributed by atoms with Crippen molar-refractivity contribution in [1.29, 1.82) is 0 Å². The van der Waals surface area contributed by atoms with Crippen LogP contribution in [-0.2, 0) is 0 Å². The second kappa shape index (κ2) is 5.69. The van der Waals surface area contributed by atoms with Gasteiger partial charge in [0.15, 0.2) is 0 Å². The van der Waals surface area contributed by atoms with E-state index in [1.807, 2.05) is 23.9 Å². The van der Waals surface area contributed by atoms with Crippen LogP contribution >= 0.6 is 11.8 Å². The van der Waals surface area contributed by atoms with Crippen LogP contribution in [0.3, 0.4) is 0 Å². The van der Waals surface area contributed by atoms with Crippen molar-refractivity contribution in [3.8, 4) is 0 Å². The maximum atomic E-state index is 12.8. The van der Waals surface area contributed by atoms with Crippen molar-refractivity contribution in [3.05, 3.63) is 35.6 Å². The first-order chi connectivity index (χ1) is 7.79. The van der Waals surface area contributed by atoms with Gasteiger partial charge in [0.1, 0.15) is 5.82 Å². The predicted molar refractivity (Wildman–Crippen MR) is 68.0 cm³/mol. The lowest BCUT2D eigenvalue weighted by molar-refractivity contribution is 0.627. The fourth-order valence-corrected chi connectivity index (χ4v) is 3.70. The van der Waals surface area contributed by atoms with E-state index in [-0.39, 0.29) is 5.82 Å². The molecule has 1 aromatic rings. The maximum Gasteiger partial charge on any atom is 0.123 e. The molecule has 0 bridgehead atoms. The highest BCUT2D eigenvalue weighted by atomic mass is 32.2. The topological polar surface area (TPSA) is 26.0 Å². The van der Waals surface area contributed by atoms with Gasteiger partial charge in [-0.05, 0) is 30.5 Å². The molecule has 0 spiro atoms. The molecular formula is C13H18FNS. The van der Waals surface area contributed by atoms with Gasteiger partial charge in [0.25, 0.3) is 0 Å². The second-order valence-corrected chi connectivity index (χ2v) is 5.83. The first-order valence-electron chi connectivity index (χ1n) is 5.90. The molecule has 2 rings (SSSR count). The highest BCUT2D eigenvalue weighted by Gasteiger charge is 2.20. The van der Waals surface area contributed by atoms with E-state index in [9.17, 15) is 4.39 Å². The zero-order valence-electron chi connectivity index (χ0n) is 9.36. The maximum absolute atomic E-state index is 12.8. The summed E-state index contributed by atoms with van der Waals surface area (Å²) in [6, 6.07) is 6.75. The number of halogens is 1. The summed E-state index contributed by atoms with van der Waals surface area (Å²) >= 11 is 1.96. The Balaban J connectivity index is 2.00. The Hall–Kier alpha value is -0.540. The van der Waals surface area contributed by atoms with Gasteiger partial charge in [-0.1, -0.05) is 25.0 Å². The van der Waals surface area contributed by atoms with Crippen LogP contribution in [0.2, 0.25) is 0 Å². The normalized spacial score (nSPS) is 18.9. The van der Waals surface area contributed by atoms with Gasteiger partial charge in [-0.2, -0.15) is 0 Å². The lowest BCUT2D eigenvalue weighted by Gasteiger charge is -2.19. The van der Waals surface area contributed by atoms with Crippen molar-refractivity contribution in [2.45, 2.75) is 36.2 Å². The molecule has 0 aromatic heterocycles. The van der Waals surface area contributed by atoms with Crippen molar-refractivity contribution in [1.82, 2.24) is 0 Å². The van der Waals surface area contributed by atoms with Crippen molar-refractivity contribution < 1.29 is 4.39 Å². The summed E-state index contributed by atoms with van der Waals surface area (Å²) in [4.78, 5) is 0. The minimum atomic E-state index is -0.176. The quantitative estimate of drug-likeness (QED) is 0.870. The van der Waals surface area contributed by atoms with Crippen LogP contribution in [0, 0.1) is 5.82 Å². The molecule has 88 valence electrons. The molecule has 2 N–H and O–H groups in total. The molecule has 1 unspecified atom stereocenters. The molecule has 0 amide bonds. The zero-order chi connectivity index (χ0) is 11.4. The number of nitrogens with two attached hydrogens (primary N) is 1. The molecule has 1 saturated carbocycles. The summed E-state index contributed by atoms with van der Waals surface area (Å²) in [5.41, 5.74) is 6.96. The third kappa shape index (κ3) is 2.98. The molecule has 1 nitrogen and oxygen atoms in total.